The number of hydrogen-bond acceptors (Lipinski definition) is 4. The number of benzene rings is 2. The van der Waals surface area contributed by atoms with E-state index in [4.69, 9.17) is 10.5 Å². The zero-order chi connectivity index (χ0) is 16.7. The molecule has 0 aliphatic heterocycles. The van der Waals surface area contributed by atoms with E-state index in [-0.39, 0.29) is 5.57 Å². The van der Waals surface area contributed by atoms with Crippen LogP contribution in [-0.2, 0) is 4.79 Å². The number of hydrogen-bond donors (Lipinski definition) is 2. The molecule has 23 heavy (non-hydrogen) atoms. The summed E-state index contributed by atoms with van der Waals surface area (Å²) in [6, 6.07) is 18.0. The fraction of sp³-hybridized carbons (Fsp3) is 0.0556. The number of amides is 1. The molecule has 0 aromatic heterocycles. The number of para-hydroxylation sites is 1. The van der Waals surface area contributed by atoms with Crippen molar-refractivity contribution in [3.8, 4) is 12.1 Å². The van der Waals surface area contributed by atoms with Crippen molar-refractivity contribution >= 4 is 17.3 Å². The molecular weight excluding hydrogens is 288 g/mol. The number of nitriles is 2. The summed E-state index contributed by atoms with van der Waals surface area (Å²) in [4.78, 5) is 12.1. The molecule has 0 aliphatic rings. The minimum absolute atomic E-state index is 0.0849. The van der Waals surface area contributed by atoms with Crippen molar-refractivity contribution < 1.29 is 4.79 Å². The van der Waals surface area contributed by atoms with Crippen molar-refractivity contribution in [2.45, 2.75) is 6.92 Å². The molecule has 112 valence electrons. The van der Waals surface area contributed by atoms with Crippen LogP contribution in [0.25, 0.3) is 0 Å². The highest BCUT2D eigenvalue weighted by atomic mass is 16.1. The molecule has 2 aromatic rings. The molecule has 0 radical (unpaired) electrons. The third-order valence-corrected chi connectivity index (χ3v) is 3.09. The highest BCUT2D eigenvalue weighted by Crippen LogP contribution is 2.14. The molecule has 0 atom stereocenters. The summed E-state index contributed by atoms with van der Waals surface area (Å²) in [5.74, 6) is -0.515. The molecule has 0 aliphatic carbocycles. The van der Waals surface area contributed by atoms with E-state index in [9.17, 15) is 4.79 Å². The Kier molecular flexibility index (Phi) is 5.12. The first-order chi connectivity index (χ1) is 11.1. The van der Waals surface area contributed by atoms with E-state index in [0.717, 1.165) is 5.56 Å². The minimum atomic E-state index is -0.515. The number of carbonyl (C=O) groups is 1. The van der Waals surface area contributed by atoms with Crippen LogP contribution < -0.4 is 10.6 Å². The van der Waals surface area contributed by atoms with Crippen molar-refractivity contribution in [1.29, 1.82) is 10.5 Å². The lowest BCUT2D eigenvalue weighted by Gasteiger charge is -2.06. The molecule has 0 bridgehead atoms. The van der Waals surface area contributed by atoms with Crippen LogP contribution in [0.2, 0.25) is 0 Å². The minimum Gasteiger partial charge on any atom is -0.359 e. The first-order valence-corrected chi connectivity index (χ1v) is 6.88. The Hall–Kier alpha value is -3.57. The Morgan fingerprint density at radius 1 is 1.09 bits per heavy atom. The summed E-state index contributed by atoms with van der Waals surface area (Å²) in [6.45, 7) is 1.95. The second-order valence-corrected chi connectivity index (χ2v) is 4.79. The van der Waals surface area contributed by atoms with Crippen molar-refractivity contribution in [1.82, 2.24) is 0 Å². The lowest BCUT2D eigenvalue weighted by Crippen LogP contribution is -2.14. The van der Waals surface area contributed by atoms with Gasteiger partial charge in [-0.25, -0.2) is 0 Å². The maximum Gasteiger partial charge on any atom is 0.267 e. The van der Waals surface area contributed by atoms with E-state index in [2.05, 4.69) is 10.6 Å². The molecule has 5 heteroatoms. The number of carbonyl (C=O) groups excluding carboxylic acids is 1. The molecule has 5 nitrogen and oxygen atoms in total. The van der Waals surface area contributed by atoms with Crippen LogP contribution in [0.3, 0.4) is 0 Å². The number of anilines is 2. The second kappa shape index (κ2) is 7.44. The van der Waals surface area contributed by atoms with Gasteiger partial charge in [-0.1, -0.05) is 29.8 Å². The van der Waals surface area contributed by atoms with Gasteiger partial charge in [-0.05, 0) is 31.2 Å². The Morgan fingerprint density at radius 3 is 2.43 bits per heavy atom. The molecule has 0 saturated carbocycles. The quantitative estimate of drug-likeness (QED) is 0.669. The van der Waals surface area contributed by atoms with Gasteiger partial charge in [-0.3, -0.25) is 4.79 Å². The molecule has 2 N–H and O–H groups in total. The third kappa shape index (κ3) is 4.20. The SMILES string of the molecule is Cc1ccc(NC(=O)/C(C#N)=C\Nc2ccccc2C#N)cc1. The predicted octanol–water partition coefficient (Wildman–Crippen LogP) is 3.32. The van der Waals surface area contributed by atoms with E-state index in [1.54, 1.807) is 36.4 Å². The van der Waals surface area contributed by atoms with Gasteiger partial charge in [-0.2, -0.15) is 10.5 Å². The first kappa shape index (κ1) is 15.8. The molecule has 0 heterocycles. The molecule has 2 aromatic carbocycles. The average molecular weight is 302 g/mol. The van der Waals surface area contributed by atoms with Crippen LogP contribution in [0, 0.1) is 29.6 Å². The number of nitrogens with one attached hydrogen (secondary N) is 2. The van der Waals surface area contributed by atoms with Crippen LogP contribution in [0.1, 0.15) is 11.1 Å². The van der Waals surface area contributed by atoms with E-state index in [1.165, 1.54) is 6.20 Å². The van der Waals surface area contributed by atoms with Gasteiger partial charge in [0.2, 0.25) is 0 Å². The predicted molar refractivity (Wildman–Crippen MR) is 88.3 cm³/mol. The Balaban J connectivity index is 2.12. The van der Waals surface area contributed by atoms with Gasteiger partial charge in [0.15, 0.2) is 0 Å². The summed E-state index contributed by atoms with van der Waals surface area (Å²) in [7, 11) is 0. The van der Waals surface area contributed by atoms with Gasteiger partial charge in [-0.15, -0.1) is 0 Å². The van der Waals surface area contributed by atoms with E-state index >= 15 is 0 Å². The largest absolute Gasteiger partial charge is 0.359 e. The van der Waals surface area contributed by atoms with Crippen molar-refractivity contribution in [2.75, 3.05) is 10.6 Å². The van der Waals surface area contributed by atoms with Crippen LogP contribution in [0.4, 0.5) is 11.4 Å². The molecule has 0 spiro atoms. The normalized spacial score (nSPS) is 10.3. The molecule has 0 saturated heterocycles. The lowest BCUT2D eigenvalue weighted by atomic mass is 10.2. The molecule has 0 fully saturated rings. The Labute approximate surface area is 134 Å². The maximum absolute atomic E-state index is 12.1. The highest BCUT2D eigenvalue weighted by Gasteiger charge is 2.09. The zero-order valence-corrected chi connectivity index (χ0v) is 12.5. The summed E-state index contributed by atoms with van der Waals surface area (Å²) in [6.07, 6.45) is 1.29. The molecule has 1 amide bonds. The van der Waals surface area contributed by atoms with Crippen LogP contribution in [0.5, 0.6) is 0 Å². The van der Waals surface area contributed by atoms with Crippen LogP contribution >= 0.6 is 0 Å². The number of nitrogens with zero attached hydrogens (tertiary/aromatic N) is 2. The van der Waals surface area contributed by atoms with Gasteiger partial charge in [0.25, 0.3) is 5.91 Å². The number of aryl methyl sites for hydroxylation is 1. The number of rotatable bonds is 4. The summed E-state index contributed by atoms with van der Waals surface area (Å²) < 4.78 is 0. The zero-order valence-electron chi connectivity index (χ0n) is 12.5. The van der Waals surface area contributed by atoms with E-state index in [1.807, 2.05) is 31.2 Å². The van der Waals surface area contributed by atoms with Crippen molar-refractivity contribution in [3.63, 3.8) is 0 Å². The van der Waals surface area contributed by atoms with Crippen LogP contribution in [-0.4, -0.2) is 5.91 Å². The van der Waals surface area contributed by atoms with Crippen molar-refractivity contribution in [3.05, 3.63) is 71.4 Å². The third-order valence-electron chi connectivity index (χ3n) is 3.09. The Bertz CT molecular complexity index is 823. The van der Waals surface area contributed by atoms with Gasteiger partial charge in [0, 0.05) is 11.9 Å². The molecular formula is C18H14N4O. The molecule has 2 rings (SSSR count). The maximum atomic E-state index is 12.1. The van der Waals surface area contributed by atoms with Crippen molar-refractivity contribution in [2.24, 2.45) is 0 Å². The molecule has 0 unspecified atom stereocenters. The van der Waals surface area contributed by atoms with Gasteiger partial charge < -0.3 is 10.6 Å². The second-order valence-electron chi connectivity index (χ2n) is 4.79. The first-order valence-electron chi connectivity index (χ1n) is 6.88. The summed E-state index contributed by atoms with van der Waals surface area (Å²) in [5.41, 5.74) is 2.57. The fourth-order valence-corrected chi connectivity index (χ4v) is 1.84. The van der Waals surface area contributed by atoms with E-state index < -0.39 is 5.91 Å². The summed E-state index contributed by atoms with van der Waals surface area (Å²) in [5, 5.41) is 23.6. The monoisotopic (exact) mass is 302 g/mol. The fourth-order valence-electron chi connectivity index (χ4n) is 1.84. The lowest BCUT2D eigenvalue weighted by molar-refractivity contribution is -0.112. The van der Waals surface area contributed by atoms with Crippen LogP contribution in [0.15, 0.2) is 60.3 Å². The highest BCUT2D eigenvalue weighted by molar-refractivity contribution is 6.06. The topological polar surface area (TPSA) is 88.7 Å². The average Bonchev–Trinajstić information content (AvgIpc) is 2.58. The summed E-state index contributed by atoms with van der Waals surface area (Å²) >= 11 is 0. The van der Waals surface area contributed by atoms with Gasteiger partial charge in [0.1, 0.15) is 17.7 Å². The van der Waals surface area contributed by atoms with Gasteiger partial charge >= 0.3 is 0 Å². The Morgan fingerprint density at radius 2 is 1.78 bits per heavy atom. The standard InChI is InChI=1S/C18H14N4O/c1-13-6-8-16(9-7-13)22-18(23)15(11-20)12-21-17-5-3-2-4-14(17)10-19/h2-9,12,21H,1H3,(H,22,23)/b15-12-. The van der Waals surface area contributed by atoms with E-state index in [0.29, 0.717) is 16.9 Å². The van der Waals surface area contributed by atoms with Gasteiger partial charge in [0.05, 0.1) is 11.3 Å². The smallest absolute Gasteiger partial charge is 0.267 e.